The summed E-state index contributed by atoms with van der Waals surface area (Å²) < 4.78 is 11.9. The van der Waals surface area contributed by atoms with Crippen LogP contribution in [-0.2, 0) is 15.0 Å². The largest absolute Gasteiger partial charge is 0.493 e. The highest BCUT2D eigenvalue weighted by molar-refractivity contribution is 5.88. The molecule has 0 bridgehead atoms. The lowest BCUT2D eigenvalue weighted by molar-refractivity contribution is -0.121. The van der Waals surface area contributed by atoms with Crippen LogP contribution in [0.15, 0.2) is 42.5 Å². The van der Waals surface area contributed by atoms with Gasteiger partial charge in [0.2, 0.25) is 5.91 Å². The molecule has 2 saturated carbocycles. The zero-order chi connectivity index (χ0) is 23.3. The van der Waals surface area contributed by atoms with Gasteiger partial charge in [-0.2, -0.15) is 0 Å². The number of ether oxygens (including phenoxy) is 2. The number of methoxy groups -OCH3 is 1. The maximum absolute atomic E-state index is 12.1. The van der Waals surface area contributed by atoms with Crippen LogP contribution in [0.25, 0.3) is 0 Å². The van der Waals surface area contributed by atoms with Crippen LogP contribution in [0.4, 0.5) is 5.69 Å². The average Bonchev–Trinajstić information content (AvgIpc) is 3.32. The minimum atomic E-state index is -0.433. The third kappa shape index (κ3) is 5.57. The predicted octanol–water partition coefficient (Wildman–Crippen LogP) is 5.41. The van der Waals surface area contributed by atoms with Crippen LogP contribution in [0.1, 0.15) is 69.4 Å². The highest BCUT2D eigenvalue weighted by Crippen LogP contribution is 2.42. The highest BCUT2D eigenvalue weighted by Gasteiger charge is 2.36. The first-order chi connectivity index (χ1) is 16.0. The van der Waals surface area contributed by atoms with Gasteiger partial charge in [0, 0.05) is 31.0 Å². The lowest BCUT2D eigenvalue weighted by Gasteiger charge is -2.33. The van der Waals surface area contributed by atoms with Crippen LogP contribution >= 0.6 is 0 Å². The zero-order valence-electron chi connectivity index (χ0n) is 19.4. The van der Waals surface area contributed by atoms with Crippen LogP contribution < -0.4 is 14.8 Å². The molecule has 172 valence electrons. The van der Waals surface area contributed by atoms with Gasteiger partial charge in [-0.1, -0.05) is 24.0 Å². The number of nitrogens with one attached hydrogen (secondary N) is 1. The van der Waals surface area contributed by atoms with Crippen molar-refractivity contribution in [2.45, 2.75) is 69.8 Å². The van der Waals surface area contributed by atoms with Gasteiger partial charge in [0.15, 0.2) is 11.5 Å². The number of benzene rings is 2. The molecule has 2 fully saturated rings. The fourth-order valence-electron chi connectivity index (χ4n) is 4.76. The first-order valence-electron chi connectivity index (χ1n) is 11.8. The number of carbonyl (C=O) groups excluding carboxylic acids is 2. The second-order valence-electron chi connectivity index (χ2n) is 9.02. The Kier molecular flexibility index (Phi) is 7.03. The fourth-order valence-corrected chi connectivity index (χ4v) is 4.76. The number of rotatable bonds is 5. The molecule has 33 heavy (non-hydrogen) atoms. The first kappa shape index (κ1) is 22.9. The number of ketones is 1. The van der Waals surface area contributed by atoms with Crippen molar-refractivity contribution in [3.63, 3.8) is 0 Å². The molecule has 2 aromatic rings. The van der Waals surface area contributed by atoms with Crippen molar-refractivity contribution in [2.75, 3.05) is 12.4 Å². The number of hydrogen-bond donors (Lipinski definition) is 1. The second-order valence-corrected chi connectivity index (χ2v) is 9.02. The van der Waals surface area contributed by atoms with Gasteiger partial charge in [-0.3, -0.25) is 9.59 Å². The van der Waals surface area contributed by atoms with E-state index >= 15 is 0 Å². The van der Waals surface area contributed by atoms with Gasteiger partial charge < -0.3 is 14.8 Å². The topological polar surface area (TPSA) is 64.6 Å². The summed E-state index contributed by atoms with van der Waals surface area (Å²) in [6, 6.07) is 13.6. The molecule has 0 saturated heterocycles. The Bertz CT molecular complexity index is 1080. The molecule has 0 heterocycles. The Hall–Kier alpha value is -3.26. The fraction of sp³-hybridized carbons (Fsp3) is 0.429. The summed E-state index contributed by atoms with van der Waals surface area (Å²) >= 11 is 0. The van der Waals surface area contributed by atoms with Gasteiger partial charge >= 0.3 is 0 Å². The number of Topliss-reactive ketones (excluding diaryl/α,β-unsaturated/α-hetero) is 1. The lowest BCUT2D eigenvalue weighted by atomic mass is 9.69. The summed E-state index contributed by atoms with van der Waals surface area (Å²) in [6.07, 6.45) is 7.15. The van der Waals surface area contributed by atoms with Crippen molar-refractivity contribution in [1.82, 2.24) is 0 Å². The molecular formula is C28H31NO4. The Labute approximate surface area is 195 Å². The van der Waals surface area contributed by atoms with Crippen molar-refractivity contribution in [3.05, 3.63) is 53.6 Å². The van der Waals surface area contributed by atoms with E-state index < -0.39 is 5.41 Å². The summed E-state index contributed by atoms with van der Waals surface area (Å²) in [5, 5.41) is 2.80. The standard InChI is InChI=1S/C28H31NO4/c1-20(30)29-23-7-5-6-21(18-23)12-15-28(16-13-24(31)14-17-28)22-10-11-26(32-2)27(19-22)33-25-8-3-4-9-25/h5-7,10-11,18-19,25H,3-4,8-9,13-14,16-17H2,1-2H3,(H,29,30). The van der Waals surface area contributed by atoms with E-state index in [0.717, 1.165) is 41.2 Å². The molecule has 1 N–H and O–H groups in total. The van der Waals surface area contributed by atoms with E-state index in [4.69, 9.17) is 9.47 Å². The van der Waals surface area contributed by atoms with E-state index in [2.05, 4.69) is 29.3 Å². The molecule has 0 spiro atoms. The molecule has 5 nitrogen and oxygen atoms in total. The normalized spacial score (nSPS) is 17.7. The zero-order valence-corrected chi connectivity index (χ0v) is 19.4. The van der Waals surface area contributed by atoms with Gasteiger partial charge in [0.1, 0.15) is 5.78 Å². The maximum atomic E-state index is 12.1. The van der Waals surface area contributed by atoms with Crippen LogP contribution in [0.3, 0.4) is 0 Å². The first-order valence-corrected chi connectivity index (χ1v) is 11.8. The Morgan fingerprint density at radius 2 is 1.82 bits per heavy atom. The lowest BCUT2D eigenvalue weighted by Crippen LogP contribution is -2.30. The number of amides is 1. The molecule has 0 aliphatic heterocycles. The Morgan fingerprint density at radius 1 is 1.06 bits per heavy atom. The van der Waals surface area contributed by atoms with E-state index in [1.54, 1.807) is 7.11 Å². The monoisotopic (exact) mass is 445 g/mol. The number of hydrogen-bond acceptors (Lipinski definition) is 4. The molecule has 2 aromatic carbocycles. The van der Waals surface area contributed by atoms with Gasteiger partial charge in [0.05, 0.1) is 18.6 Å². The molecular weight excluding hydrogens is 414 g/mol. The minimum absolute atomic E-state index is 0.115. The van der Waals surface area contributed by atoms with Gasteiger partial charge in [-0.05, 0) is 74.4 Å². The maximum Gasteiger partial charge on any atom is 0.221 e. The predicted molar refractivity (Wildman–Crippen MR) is 129 cm³/mol. The third-order valence-corrected chi connectivity index (χ3v) is 6.60. The van der Waals surface area contributed by atoms with Crippen molar-refractivity contribution in [2.24, 2.45) is 0 Å². The summed E-state index contributed by atoms with van der Waals surface area (Å²) in [6.45, 7) is 1.49. The van der Waals surface area contributed by atoms with Gasteiger partial charge in [-0.25, -0.2) is 0 Å². The van der Waals surface area contributed by atoms with Crippen molar-refractivity contribution >= 4 is 17.4 Å². The SMILES string of the molecule is COc1ccc(C2(C#Cc3cccc(NC(C)=O)c3)CCC(=O)CC2)cc1OC1CCCC1. The smallest absolute Gasteiger partial charge is 0.221 e. The summed E-state index contributed by atoms with van der Waals surface area (Å²) in [5.74, 6) is 8.49. The molecule has 0 unspecified atom stereocenters. The number of carbonyl (C=O) groups is 2. The van der Waals surface area contributed by atoms with Crippen LogP contribution in [0.2, 0.25) is 0 Å². The van der Waals surface area contributed by atoms with E-state index in [1.807, 2.05) is 30.3 Å². The van der Waals surface area contributed by atoms with E-state index in [-0.39, 0.29) is 17.8 Å². The van der Waals surface area contributed by atoms with E-state index in [9.17, 15) is 9.59 Å². The molecule has 4 rings (SSSR count). The van der Waals surface area contributed by atoms with Crippen LogP contribution in [0, 0.1) is 11.8 Å². The van der Waals surface area contributed by atoms with Crippen LogP contribution in [0.5, 0.6) is 11.5 Å². The Balaban J connectivity index is 1.69. The molecule has 0 atom stereocenters. The van der Waals surface area contributed by atoms with Crippen molar-refractivity contribution in [1.29, 1.82) is 0 Å². The van der Waals surface area contributed by atoms with Gasteiger partial charge in [-0.15, -0.1) is 0 Å². The average molecular weight is 446 g/mol. The highest BCUT2D eigenvalue weighted by atomic mass is 16.5. The van der Waals surface area contributed by atoms with Crippen molar-refractivity contribution in [3.8, 4) is 23.3 Å². The summed E-state index contributed by atoms with van der Waals surface area (Å²) in [4.78, 5) is 23.5. The molecule has 1 amide bonds. The molecule has 0 aromatic heterocycles. The molecule has 5 heteroatoms. The molecule has 2 aliphatic carbocycles. The number of anilines is 1. The second kappa shape index (κ2) is 10.1. The quantitative estimate of drug-likeness (QED) is 0.625. The Morgan fingerprint density at radius 3 is 2.52 bits per heavy atom. The minimum Gasteiger partial charge on any atom is -0.493 e. The van der Waals surface area contributed by atoms with E-state index in [0.29, 0.717) is 25.7 Å². The van der Waals surface area contributed by atoms with Gasteiger partial charge in [0.25, 0.3) is 0 Å². The third-order valence-electron chi connectivity index (χ3n) is 6.60. The molecule has 2 aliphatic rings. The van der Waals surface area contributed by atoms with E-state index in [1.165, 1.54) is 19.8 Å². The summed E-state index contributed by atoms with van der Waals surface area (Å²) in [5.41, 5.74) is 2.18. The van der Waals surface area contributed by atoms with Crippen molar-refractivity contribution < 1.29 is 19.1 Å². The molecule has 0 radical (unpaired) electrons. The van der Waals surface area contributed by atoms with Crippen LogP contribution in [-0.4, -0.2) is 24.9 Å². The summed E-state index contributed by atoms with van der Waals surface area (Å²) in [7, 11) is 1.66.